The van der Waals surface area contributed by atoms with Crippen molar-refractivity contribution in [2.45, 2.75) is 60.4 Å². The maximum Gasteiger partial charge on any atom is 0.315 e. The van der Waals surface area contributed by atoms with Gasteiger partial charge in [-0.2, -0.15) is 0 Å². The van der Waals surface area contributed by atoms with Crippen LogP contribution in [-0.4, -0.2) is 119 Å². The number of halogens is 1. The van der Waals surface area contributed by atoms with E-state index in [2.05, 4.69) is 21.7 Å². The average molecular weight is 734 g/mol. The number of carbonyl (C=O) groups is 1. The molecule has 2 heterocycles. The summed E-state index contributed by atoms with van der Waals surface area (Å²) in [4.78, 5) is 17.6. The Morgan fingerprint density at radius 3 is 2.56 bits per heavy atom. The van der Waals surface area contributed by atoms with Gasteiger partial charge in [-0.15, -0.1) is 11.8 Å². The summed E-state index contributed by atoms with van der Waals surface area (Å²) in [6, 6.07) is 13.9. The lowest BCUT2D eigenvalue weighted by Gasteiger charge is -2.28. The minimum atomic E-state index is -1.75. The lowest BCUT2D eigenvalue weighted by atomic mass is 9.96. The SMILES string of the molecule is O=C(NCCOCCSc1ccc(Cl)c(COC2(c3cnccc3-c3ccccc3OC3COC3)CC2)c1)N[C@@H](CO)[C@@H](O)[C@H](O)[C@H](O)CO. The molecule has 2 aliphatic rings. The summed E-state index contributed by atoms with van der Waals surface area (Å²) in [5.74, 6) is 1.46. The lowest BCUT2D eigenvalue weighted by Crippen LogP contribution is -2.56. The van der Waals surface area contributed by atoms with E-state index in [0.717, 1.165) is 45.7 Å². The van der Waals surface area contributed by atoms with Crippen LogP contribution in [0.1, 0.15) is 24.0 Å². The molecule has 3 aromatic rings. The number of hydrogen-bond acceptors (Lipinski definition) is 12. The quantitative estimate of drug-likeness (QED) is 0.0663. The van der Waals surface area contributed by atoms with Gasteiger partial charge in [-0.1, -0.05) is 29.8 Å². The molecule has 5 rings (SSSR count). The topological polar surface area (TPSA) is 192 Å². The second kappa shape index (κ2) is 18.5. The zero-order chi connectivity index (χ0) is 35.5. The fourth-order valence-electron chi connectivity index (χ4n) is 5.41. The average Bonchev–Trinajstić information content (AvgIpc) is 3.92. The van der Waals surface area contributed by atoms with Gasteiger partial charge < -0.3 is 55.1 Å². The van der Waals surface area contributed by atoms with Gasteiger partial charge >= 0.3 is 6.03 Å². The van der Waals surface area contributed by atoms with Crippen LogP contribution in [0.15, 0.2) is 65.8 Å². The van der Waals surface area contributed by atoms with E-state index in [-0.39, 0.29) is 19.3 Å². The van der Waals surface area contributed by atoms with Crippen LogP contribution in [0.4, 0.5) is 4.79 Å². The normalized spacial score (nSPS) is 17.6. The molecule has 50 heavy (non-hydrogen) atoms. The van der Waals surface area contributed by atoms with Crippen molar-refractivity contribution in [1.29, 1.82) is 0 Å². The zero-order valence-corrected chi connectivity index (χ0v) is 29.0. The molecule has 7 N–H and O–H groups in total. The van der Waals surface area contributed by atoms with E-state index in [4.69, 9.17) is 35.7 Å². The number of carbonyl (C=O) groups excluding carboxylic acids is 1. The Kier molecular flexibility index (Phi) is 14.1. The third-order valence-electron chi connectivity index (χ3n) is 8.50. The molecule has 15 heteroatoms. The van der Waals surface area contributed by atoms with Crippen molar-refractivity contribution < 1.29 is 49.3 Å². The van der Waals surface area contributed by atoms with Gasteiger partial charge in [-0.25, -0.2) is 4.79 Å². The Balaban J connectivity index is 1.07. The largest absolute Gasteiger partial charge is 0.485 e. The first-order chi connectivity index (χ1) is 24.2. The lowest BCUT2D eigenvalue weighted by molar-refractivity contribution is -0.0902. The number of urea groups is 1. The van der Waals surface area contributed by atoms with Crippen LogP contribution < -0.4 is 15.4 Å². The van der Waals surface area contributed by atoms with Crippen LogP contribution in [0.5, 0.6) is 5.75 Å². The third kappa shape index (κ3) is 10.1. The number of aliphatic hydroxyl groups is 5. The molecule has 1 aliphatic carbocycles. The van der Waals surface area contributed by atoms with Crippen LogP contribution in [0.25, 0.3) is 11.1 Å². The Hall–Kier alpha value is -3.02. The van der Waals surface area contributed by atoms with Crippen molar-refractivity contribution in [2.24, 2.45) is 0 Å². The maximum absolute atomic E-state index is 12.1. The number of hydrogen-bond donors (Lipinski definition) is 7. The molecule has 2 fully saturated rings. The van der Waals surface area contributed by atoms with Gasteiger partial charge in [0, 0.05) is 45.7 Å². The monoisotopic (exact) mass is 733 g/mol. The number of ether oxygens (including phenoxy) is 4. The Bertz CT molecular complexity index is 1550. The molecule has 1 saturated heterocycles. The standard InChI is InChI=1S/C35H44ClN3O10S/c36-28-6-5-24(50-14-13-46-12-11-38-34(45)39-29(17-40)32(43)33(44)30(42)18-41)15-22(28)19-48-35(8-9-35)27-16-37-10-7-25(27)26-3-1-2-4-31(26)49-23-20-47-21-23/h1-7,10,15-16,23,29-30,32-33,40-44H,8-9,11-14,17-21H2,(H2,38,39,45)/t29-,30+,32+,33+/m0/s1. The number of rotatable bonds is 20. The minimum Gasteiger partial charge on any atom is -0.485 e. The molecule has 1 saturated carbocycles. The number of thioether (sulfide) groups is 1. The highest BCUT2D eigenvalue weighted by molar-refractivity contribution is 7.99. The molecule has 2 amide bonds. The van der Waals surface area contributed by atoms with Gasteiger partial charge in [0.05, 0.1) is 57.9 Å². The van der Waals surface area contributed by atoms with Gasteiger partial charge in [-0.3, -0.25) is 4.98 Å². The van der Waals surface area contributed by atoms with Gasteiger partial charge in [-0.05, 0) is 54.3 Å². The van der Waals surface area contributed by atoms with Crippen LogP contribution in [0.3, 0.4) is 0 Å². The van der Waals surface area contributed by atoms with Gasteiger partial charge in [0.2, 0.25) is 0 Å². The number of pyridine rings is 1. The molecular formula is C35H44ClN3O10S. The van der Waals surface area contributed by atoms with E-state index in [1.54, 1.807) is 18.0 Å². The number of aliphatic hydroxyl groups excluding tert-OH is 5. The first-order valence-corrected chi connectivity index (χ1v) is 17.8. The van der Waals surface area contributed by atoms with E-state index in [0.29, 0.717) is 37.2 Å². The van der Waals surface area contributed by atoms with E-state index in [9.17, 15) is 25.2 Å². The first-order valence-electron chi connectivity index (χ1n) is 16.5. The summed E-state index contributed by atoms with van der Waals surface area (Å²) in [6.07, 6.45) is 0.400. The molecule has 272 valence electrons. The second-order valence-electron chi connectivity index (χ2n) is 12.1. The predicted octanol–water partition coefficient (Wildman–Crippen LogP) is 2.23. The highest BCUT2D eigenvalue weighted by Crippen LogP contribution is 2.53. The van der Waals surface area contributed by atoms with Crippen LogP contribution in [0.2, 0.25) is 5.02 Å². The summed E-state index contributed by atoms with van der Waals surface area (Å²) in [6.45, 7) is 0.816. The van der Waals surface area contributed by atoms with Crippen molar-refractivity contribution in [2.75, 3.05) is 51.9 Å². The van der Waals surface area contributed by atoms with Crippen LogP contribution >= 0.6 is 23.4 Å². The summed E-state index contributed by atoms with van der Waals surface area (Å²) < 4.78 is 23.7. The summed E-state index contributed by atoms with van der Waals surface area (Å²) in [7, 11) is 0. The number of nitrogens with zero attached hydrogens (tertiary/aromatic N) is 1. The van der Waals surface area contributed by atoms with Crippen LogP contribution in [0, 0.1) is 0 Å². The van der Waals surface area contributed by atoms with Crippen molar-refractivity contribution in [3.63, 3.8) is 0 Å². The summed E-state index contributed by atoms with van der Waals surface area (Å²) in [5.41, 5.74) is 3.45. The summed E-state index contributed by atoms with van der Waals surface area (Å²) >= 11 is 8.19. The Morgan fingerprint density at radius 1 is 1.04 bits per heavy atom. The molecule has 13 nitrogen and oxygen atoms in total. The zero-order valence-electron chi connectivity index (χ0n) is 27.4. The third-order valence-corrected chi connectivity index (χ3v) is 9.83. The van der Waals surface area contributed by atoms with Gasteiger partial charge in [0.25, 0.3) is 0 Å². The van der Waals surface area contributed by atoms with Crippen molar-refractivity contribution >= 4 is 29.4 Å². The number of aromatic nitrogens is 1. The molecule has 1 aliphatic heterocycles. The van der Waals surface area contributed by atoms with Crippen molar-refractivity contribution in [3.05, 3.63) is 77.1 Å². The number of para-hydroxylation sites is 1. The molecule has 0 spiro atoms. The summed E-state index contributed by atoms with van der Waals surface area (Å²) in [5, 5.41) is 53.2. The molecule has 0 bridgehead atoms. The molecular weight excluding hydrogens is 690 g/mol. The van der Waals surface area contributed by atoms with E-state index >= 15 is 0 Å². The molecule has 2 aromatic carbocycles. The Morgan fingerprint density at radius 2 is 1.84 bits per heavy atom. The maximum atomic E-state index is 12.1. The number of benzene rings is 2. The molecule has 1 aromatic heterocycles. The second-order valence-corrected chi connectivity index (χ2v) is 13.7. The predicted molar refractivity (Wildman–Crippen MR) is 186 cm³/mol. The van der Waals surface area contributed by atoms with Gasteiger partial charge in [0.1, 0.15) is 30.2 Å². The molecule has 0 radical (unpaired) electrons. The van der Waals surface area contributed by atoms with Crippen molar-refractivity contribution in [3.8, 4) is 16.9 Å². The highest BCUT2D eigenvalue weighted by Gasteiger charge is 2.48. The van der Waals surface area contributed by atoms with E-state index < -0.39 is 49.2 Å². The fraction of sp³-hybridized carbons (Fsp3) is 0.486. The molecule has 4 atom stereocenters. The highest BCUT2D eigenvalue weighted by atomic mass is 35.5. The number of nitrogens with one attached hydrogen (secondary N) is 2. The minimum absolute atomic E-state index is 0.0494. The van der Waals surface area contributed by atoms with Crippen molar-refractivity contribution in [1.82, 2.24) is 15.6 Å². The fourth-order valence-corrected chi connectivity index (χ4v) is 6.41. The van der Waals surface area contributed by atoms with Crippen LogP contribution in [-0.2, 0) is 26.4 Å². The first kappa shape index (κ1) is 38.2. The smallest absolute Gasteiger partial charge is 0.315 e. The van der Waals surface area contributed by atoms with Gasteiger partial charge in [0.15, 0.2) is 0 Å². The van der Waals surface area contributed by atoms with E-state index in [1.807, 2.05) is 48.7 Å². The van der Waals surface area contributed by atoms with E-state index in [1.165, 1.54) is 0 Å². The molecule has 0 unspecified atom stereocenters. The number of amides is 2. The Labute approximate surface area is 299 Å².